The molecule has 2 aromatic carbocycles. The second kappa shape index (κ2) is 6.76. The molecule has 0 aliphatic rings. The van der Waals surface area contributed by atoms with E-state index in [0.717, 1.165) is 22.2 Å². The first-order chi connectivity index (χ1) is 10.3. The zero-order valence-electron chi connectivity index (χ0n) is 12.1. The van der Waals surface area contributed by atoms with E-state index in [4.69, 9.17) is 4.74 Å². The Morgan fingerprint density at radius 3 is 2.41 bits per heavy atom. The maximum Gasteiger partial charge on any atom is 0.243 e. The number of sulfonamides is 1. The average molecular weight is 388 g/mol. The molecule has 0 heterocycles. The van der Waals surface area contributed by atoms with E-state index in [9.17, 15) is 12.8 Å². The molecule has 118 valence electrons. The van der Waals surface area contributed by atoms with Gasteiger partial charge in [-0.25, -0.2) is 12.8 Å². The molecule has 0 bridgehead atoms. The Morgan fingerprint density at radius 2 is 1.82 bits per heavy atom. The third-order valence-corrected chi connectivity index (χ3v) is 5.47. The Kier molecular flexibility index (Phi) is 5.20. The molecule has 0 aliphatic heterocycles. The van der Waals surface area contributed by atoms with Gasteiger partial charge in [0, 0.05) is 23.6 Å². The highest BCUT2D eigenvalue weighted by Gasteiger charge is 2.22. The number of methoxy groups -OCH3 is 1. The van der Waals surface area contributed by atoms with Crippen molar-refractivity contribution < 1.29 is 17.5 Å². The number of rotatable bonds is 5. The van der Waals surface area contributed by atoms with Gasteiger partial charge in [-0.1, -0.05) is 15.9 Å². The third kappa shape index (κ3) is 3.66. The quantitative estimate of drug-likeness (QED) is 0.789. The van der Waals surface area contributed by atoms with E-state index in [0.29, 0.717) is 5.75 Å². The van der Waals surface area contributed by atoms with E-state index >= 15 is 0 Å². The van der Waals surface area contributed by atoms with Crippen molar-refractivity contribution in [2.24, 2.45) is 0 Å². The van der Waals surface area contributed by atoms with Crippen LogP contribution in [0.3, 0.4) is 0 Å². The minimum Gasteiger partial charge on any atom is -0.496 e. The fourth-order valence-electron chi connectivity index (χ4n) is 1.98. The van der Waals surface area contributed by atoms with Gasteiger partial charge in [0.05, 0.1) is 12.0 Å². The van der Waals surface area contributed by atoms with Gasteiger partial charge in [0.2, 0.25) is 10.0 Å². The molecule has 0 radical (unpaired) electrons. The Bertz CT molecular complexity index is 763. The minimum absolute atomic E-state index is 0.0466. The third-order valence-electron chi connectivity index (χ3n) is 3.16. The van der Waals surface area contributed by atoms with Gasteiger partial charge < -0.3 is 4.74 Å². The molecule has 0 spiro atoms. The van der Waals surface area contributed by atoms with Gasteiger partial charge >= 0.3 is 0 Å². The molecule has 0 fully saturated rings. The van der Waals surface area contributed by atoms with Crippen LogP contribution in [0.1, 0.15) is 5.56 Å². The highest BCUT2D eigenvalue weighted by Crippen LogP contribution is 2.26. The Hall–Kier alpha value is -1.44. The van der Waals surface area contributed by atoms with Crippen LogP contribution in [0.25, 0.3) is 0 Å². The first-order valence-electron chi connectivity index (χ1n) is 6.39. The van der Waals surface area contributed by atoms with Crippen molar-refractivity contribution in [2.45, 2.75) is 11.4 Å². The smallest absolute Gasteiger partial charge is 0.243 e. The van der Waals surface area contributed by atoms with E-state index in [-0.39, 0.29) is 11.4 Å². The van der Waals surface area contributed by atoms with Crippen molar-refractivity contribution in [2.75, 3.05) is 14.2 Å². The van der Waals surface area contributed by atoms with Crippen LogP contribution in [0.15, 0.2) is 51.8 Å². The monoisotopic (exact) mass is 387 g/mol. The van der Waals surface area contributed by atoms with Crippen molar-refractivity contribution in [3.8, 4) is 5.75 Å². The van der Waals surface area contributed by atoms with Crippen LogP contribution < -0.4 is 4.74 Å². The topological polar surface area (TPSA) is 46.6 Å². The molecule has 4 nitrogen and oxygen atoms in total. The summed E-state index contributed by atoms with van der Waals surface area (Å²) in [5.74, 6) is 0.125. The largest absolute Gasteiger partial charge is 0.496 e. The lowest BCUT2D eigenvalue weighted by atomic mass is 10.2. The predicted molar refractivity (Wildman–Crippen MR) is 85.7 cm³/mol. The molecule has 0 aliphatic carbocycles. The van der Waals surface area contributed by atoms with Crippen LogP contribution >= 0.6 is 15.9 Å². The summed E-state index contributed by atoms with van der Waals surface area (Å²) < 4.78 is 45.2. The van der Waals surface area contributed by atoms with Gasteiger partial charge in [-0.2, -0.15) is 4.31 Å². The second-order valence-corrected chi connectivity index (χ2v) is 7.63. The van der Waals surface area contributed by atoms with Crippen LogP contribution in [0.4, 0.5) is 4.39 Å². The van der Waals surface area contributed by atoms with Crippen molar-refractivity contribution in [1.29, 1.82) is 0 Å². The molecule has 2 aromatic rings. The first-order valence-corrected chi connectivity index (χ1v) is 8.62. The summed E-state index contributed by atoms with van der Waals surface area (Å²) in [5.41, 5.74) is 0.727. The lowest BCUT2D eigenvalue weighted by Crippen LogP contribution is -2.26. The molecule has 0 unspecified atom stereocenters. The molecule has 0 N–H and O–H groups in total. The maximum absolute atomic E-state index is 12.9. The van der Waals surface area contributed by atoms with Crippen LogP contribution in [0.2, 0.25) is 0 Å². The van der Waals surface area contributed by atoms with Gasteiger partial charge in [-0.3, -0.25) is 0 Å². The Labute approximate surface area is 137 Å². The molecule has 0 saturated heterocycles. The summed E-state index contributed by atoms with van der Waals surface area (Å²) in [7, 11) is -0.696. The summed E-state index contributed by atoms with van der Waals surface area (Å²) in [5, 5.41) is 0. The van der Waals surface area contributed by atoms with Crippen molar-refractivity contribution in [3.63, 3.8) is 0 Å². The van der Waals surface area contributed by atoms with E-state index < -0.39 is 15.8 Å². The maximum atomic E-state index is 12.9. The van der Waals surface area contributed by atoms with E-state index in [2.05, 4.69) is 15.9 Å². The lowest BCUT2D eigenvalue weighted by molar-refractivity contribution is 0.398. The highest BCUT2D eigenvalue weighted by atomic mass is 79.9. The predicted octanol–water partition coefficient (Wildman–Crippen LogP) is 3.42. The van der Waals surface area contributed by atoms with Gasteiger partial charge in [0.1, 0.15) is 11.6 Å². The number of ether oxygens (including phenoxy) is 1. The van der Waals surface area contributed by atoms with Crippen molar-refractivity contribution >= 4 is 26.0 Å². The average Bonchev–Trinajstić information content (AvgIpc) is 2.48. The molecular weight excluding hydrogens is 373 g/mol. The minimum atomic E-state index is -3.70. The first kappa shape index (κ1) is 16.9. The van der Waals surface area contributed by atoms with E-state index in [1.54, 1.807) is 12.1 Å². The summed E-state index contributed by atoms with van der Waals surface area (Å²) in [6, 6.07) is 10.1. The fourth-order valence-corrected chi connectivity index (χ4v) is 3.54. The molecule has 0 aromatic heterocycles. The summed E-state index contributed by atoms with van der Waals surface area (Å²) >= 11 is 3.35. The standard InChI is InChI=1S/C15H15BrFNO3S/c1-18(10-11-9-12(16)3-8-15(11)21-2)22(19,20)14-6-4-13(17)5-7-14/h3-9H,10H2,1-2H3. The molecule has 0 atom stereocenters. The number of hydrogen-bond acceptors (Lipinski definition) is 3. The number of nitrogens with zero attached hydrogens (tertiary/aromatic N) is 1. The molecule has 0 saturated carbocycles. The second-order valence-electron chi connectivity index (χ2n) is 4.67. The summed E-state index contributed by atoms with van der Waals surface area (Å²) in [6.45, 7) is 0.141. The van der Waals surface area contributed by atoms with Gasteiger partial charge in [-0.15, -0.1) is 0 Å². The molecular formula is C15H15BrFNO3S. The normalized spacial score (nSPS) is 11.7. The molecule has 7 heteroatoms. The Balaban J connectivity index is 2.30. The lowest BCUT2D eigenvalue weighted by Gasteiger charge is -2.19. The van der Waals surface area contributed by atoms with E-state index in [1.165, 1.54) is 30.6 Å². The van der Waals surface area contributed by atoms with Crippen LogP contribution in [0, 0.1) is 5.82 Å². The van der Waals surface area contributed by atoms with Crippen LogP contribution in [-0.4, -0.2) is 26.9 Å². The van der Waals surface area contributed by atoms with Gasteiger partial charge in [0.15, 0.2) is 0 Å². The highest BCUT2D eigenvalue weighted by molar-refractivity contribution is 9.10. The molecule has 2 rings (SSSR count). The van der Waals surface area contributed by atoms with Crippen LogP contribution in [0.5, 0.6) is 5.75 Å². The summed E-state index contributed by atoms with van der Waals surface area (Å²) in [4.78, 5) is 0.0466. The SMILES string of the molecule is COc1ccc(Br)cc1CN(C)S(=O)(=O)c1ccc(F)cc1. The Morgan fingerprint density at radius 1 is 1.18 bits per heavy atom. The number of halogens is 2. The summed E-state index contributed by atoms with van der Waals surface area (Å²) in [6.07, 6.45) is 0. The van der Waals surface area contributed by atoms with Crippen molar-refractivity contribution in [3.05, 3.63) is 58.3 Å². The van der Waals surface area contributed by atoms with E-state index in [1.807, 2.05) is 6.07 Å². The fraction of sp³-hybridized carbons (Fsp3) is 0.200. The number of benzene rings is 2. The molecule has 22 heavy (non-hydrogen) atoms. The molecule has 0 amide bonds. The number of hydrogen-bond donors (Lipinski definition) is 0. The van der Waals surface area contributed by atoms with Gasteiger partial charge in [-0.05, 0) is 42.5 Å². The van der Waals surface area contributed by atoms with Gasteiger partial charge in [0.25, 0.3) is 0 Å². The van der Waals surface area contributed by atoms with Crippen LogP contribution in [-0.2, 0) is 16.6 Å². The zero-order chi connectivity index (χ0) is 16.3. The zero-order valence-corrected chi connectivity index (χ0v) is 14.5. The van der Waals surface area contributed by atoms with Crippen molar-refractivity contribution in [1.82, 2.24) is 4.31 Å².